The third-order valence-electron chi connectivity index (χ3n) is 2.94. The lowest BCUT2D eigenvalue weighted by molar-refractivity contribution is -0.142. The second-order valence-electron chi connectivity index (χ2n) is 5.31. The highest BCUT2D eigenvalue weighted by molar-refractivity contribution is 8.00. The molecule has 106 valence electrons. The molecule has 0 aliphatic rings. The summed E-state index contributed by atoms with van der Waals surface area (Å²) in [5.74, 6) is -1.39. The molecule has 2 N–H and O–H groups in total. The van der Waals surface area contributed by atoms with Crippen molar-refractivity contribution in [2.24, 2.45) is 5.41 Å². The molecule has 0 aromatic rings. The average molecular weight is 276 g/mol. The molecule has 4 nitrogen and oxygen atoms in total. The Balaban J connectivity index is 4.05. The fourth-order valence-corrected chi connectivity index (χ4v) is 2.99. The maximum Gasteiger partial charge on any atom is 0.317 e. The molecular formula is C13H24O4S. The lowest BCUT2D eigenvalue weighted by atomic mass is 9.85. The maximum absolute atomic E-state index is 10.9. The van der Waals surface area contributed by atoms with Crippen LogP contribution in [-0.2, 0) is 9.59 Å². The van der Waals surface area contributed by atoms with Gasteiger partial charge >= 0.3 is 11.9 Å². The van der Waals surface area contributed by atoms with Gasteiger partial charge in [-0.3, -0.25) is 9.59 Å². The van der Waals surface area contributed by atoms with Crippen LogP contribution in [0.3, 0.4) is 0 Å². The van der Waals surface area contributed by atoms with Gasteiger partial charge in [-0.15, -0.1) is 11.8 Å². The highest BCUT2D eigenvalue weighted by Crippen LogP contribution is 2.30. The van der Waals surface area contributed by atoms with Crippen molar-refractivity contribution in [3.05, 3.63) is 0 Å². The summed E-state index contributed by atoms with van der Waals surface area (Å²) >= 11 is 1.24. The Morgan fingerprint density at radius 2 is 1.83 bits per heavy atom. The normalized spacial score (nSPS) is 13.3. The van der Waals surface area contributed by atoms with E-state index >= 15 is 0 Å². The first-order chi connectivity index (χ1) is 8.28. The van der Waals surface area contributed by atoms with Gasteiger partial charge in [-0.1, -0.05) is 33.6 Å². The quantitative estimate of drug-likeness (QED) is 0.640. The van der Waals surface area contributed by atoms with E-state index in [0.29, 0.717) is 5.75 Å². The van der Waals surface area contributed by atoms with Crippen LogP contribution in [-0.4, -0.2) is 33.2 Å². The average Bonchev–Trinajstić information content (AvgIpc) is 2.24. The highest BCUT2D eigenvalue weighted by Gasteiger charge is 2.23. The van der Waals surface area contributed by atoms with Crippen molar-refractivity contribution < 1.29 is 19.8 Å². The molecular weight excluding hydrogens is 252 g/mol. The van der Waals surface area contributed by atoms with Gasteiger partial charge in [0.25, 0.3) is 0 Å². The van der Waals surface area contributed by atoms with Gasteiger partial charge in [-0.2, -0.15) is 0 Å². The van der Waals surface area contributed by atoms with Crippen molar-refractivity contribution in [2.75, 3.05) is 5.75 Å². The second-order valence-corrected chi connectivity index (χ2v) is 6.62. The number of carbonyl (C=O) groups is 2. The Morgan fingerprint density at radius 1 is 1.22 bits per heavy atom. The number of hydrogen-bond donors (Lipinski definition) is 2. The Hall–Kier alpha value is -0.710. The van der Waals surface area contributed by atoms with Gasteiger partial charge in [0.1, 0.15) is 5.25 Å². The molecule has 0 fully saturated rings. The molecule has 0 heterocycles. The minimum absolute atomic E-state index is 0.204. The SMILES string of the molecule is CCCCC(C)(C)CCSC(CC(=O)O)C(=O)O. The first kappa shape index (κ1) is 17.3. The predicted octanol–water partition coefficient (Wildman–Crippen LogP) is 3.25. The Morgan fingerprint density at radius 3 is 2.28 bits per heavy atom. The number of carboxylic acids is 2. The third-order valence-corrected chi connectivity index (χ3v) is 4.15. The fraction of sp³-hybridized carbons (Fsp3) is 0.846. The van der Waals surface area contributed by atoms with Crippen LogP contribution in [0.1, 0.15) is 52.9 Å². The van der Waals surface area contributed by atoms with Crippen molar-refractivity contribution in [3.63, 3.8) is 0 Å². The Kier molecular flexibility index (Phi) is 8.07. The van der Waals surface area contributed by atoms with Crippen LogP contribution in [0.4, 0.5) is 0 Å². The van der Waals surface area contributed by atoms with Gasteiger partial charge in [0.05, 0.1) is 6.42 Å². The second kappa shape index (κ2) is 8.40. The van der Waals surface area contributed by atoms with Crippen molar-refractivity contribution >= 4 is 23.7 Å². The molecule has 0 radical (unpaired) electrons. The van der Waals surface area contributed by atoms with Crippen LogP contribution < -0.4 is 0 Å². The molecule has 0 aliphatic carbocycles. The molecule has 18 heavy (non-hydrogen) atoms. The summed E-state index contributed by atoms with van der Waals surface area (Å²) < 4.78 is 0. The summed E-state index contributed by atoms with van der Waals surface area (Å²) in [4.78, 5) is 21.4. The summed E-state index contributed by atoms with van der Waals surface area (Å²) in [6, 6.07) is 0. The van der Waals surface area contributed by atoms with Crippen LogP contribution in [0.25, 0.3) is 0 Å². The zero-order valence-corrected chi connectivity index (χ0v) is 12.3. The van der Waals surface area contributed by atoms with Gasteiger partial charge in [-0.05, 0) is 24.0 Å². The molecule has 0 spiro atoms. The van der Waals surface area contributed by atoms with Crippen molar-refractivity contribution in [3.8, 4) is 0 Å². The summed E-state index contributed by atoms with van der Waals surface area (Å²) in [5, 5.41) is 16.7. The lowest BCUT2D eigenvalue weighted by Gasteiger charge is -2.24. The smallest absolute Gasteiger partial charge is 0.317 e. The van der Waals surface area contributed by atoms with Gasteiger partial charge in [0.15, 0.2) is 0 Å². The zero-order valence-electron chi connectivity index (χ0n) is 11.4. The largest absolute Gasteiger partial charge is 0.481 e. The van der Waals surface area contributed by atoms with E-state index < -0.39 is 17.2 Å². The number of unbranched alkanes of at least 4 members (excludes halogenated alkanes) is 1. The van der Waals surface area contributed by atoms with Crippen molar-refractivity contribution in [1.29, 1.82) is 0 Å². The predicted molar refractivity (Wildman–Crippen MR) is 74.1 cm³/mol. The molecule has 0 aromatic carbocycles. The van der Waals surface area contributed by atoms with E-state index in [1.807, 2.05) is 0 Å². The molecule has 0 bridgehead atoms. The molecule has 0 rings (SSSR count). The van der Waals surface area contributed by atoms with Crippen molar-refractivity contribution in [1.82, 2.24) is 0 Å². The van der Waals surface area contributed by atoms with E-state index in [1.165, 1.54) is 18.2 Å². The molecule has 5 heteroatoms. The number of aliphatic carboxylic acids is 2. The summed E-state index contributed by atoms with van der Waals surface area (Å²) in [6.07, 6.45) is 4.07. The number of carboxylic acid groups (broad SMARTS) is 2. The zero-order chi connectivity index (χ0) is 14.2. The van der Waals surface area contributed by atoms with E-state index in [0.717, 1.165) is 19.3 Å². The van der Waals surface area contributed by atoms with Gasteiger partial charge in [-0.25, -0.2) is 0 Å². The van der Waals surface area contributed by atoms with Crippen LogP contribution in [0.2, 0.25) is 0 Å². The summed E-state index contributed by atoms with van der Waals surface area (Å²) in [5.41, 5.74) is 0.204. The molecule has 0 saturated heterocycles. The fourth-order valence-electron chi connectivity index (χ4n) is 1.63. The van der Waals surface area contributed by atoms with E-state index in [4.69, 9.17) is 10.2 Å². The Bertz CT molecular complexity index is 276. The van der Waals surface area contributed by atoms with Gasteiger partial charge in [0.2, 0.25) is 0 Å². The van der Waals surface area contributed by atoms with E-state index in [-0.39, 0.29) is 11.8 Å². The maximum atomic E-state index is 10.9. The van der Waals surface area contributed by atoms with Gasteiger partial charge < -0.3 is 10.2 Å². The van der Waals surface area contributed by atoms with Crippen LogP contribution in [0.15, 0.2) is 0 Å². The van der Waals surface area contributed by atoms with E-state index in [2.05, 4.69) is 20.8 Å². The van der Waals surface area contributed by atoms with Crippen LogP contribution in [0.5, 0.6) is 0 Å². The molecule has 0 aromatic heterocycles. The highest BCUT2D eigenvalue weighted by atomic mass is 32.2. The third kappa shape index (κ3) is 8.39. The molecule has 0 amide bonds. The number of rotatable bonds is 10. The first-order valence-electron chi connectivity index (χ1n) is 6.34. The lowest BCUT2D eigenvalue weighted by Crippen LogP contribution is -2.22. The Labute approximate surface area is 113 Å². The first-order valence-corrected chi connectivity index (χ1v) is 7.39. The monoisotopic (exact) mass is 276 g/mol. The summed E-state index contributed by atoms with van der Waals surface area (Å²) in [7, 11) is 0. The van der Waals surface area contributed by atoms with E-state index in [9.17, 15) is 9.59 Å². The van der Waals surface area contributed by atoms with Crippen molar-refractivity contribution in [2.45, 2.75) is 58.1 Å². The molecule has 1 atom stereocenters. The van der Waals surface area contributed by atoms with E-state index in [1.54, 1.807) is 0 Å². The molecule has 0 saturated carbocycles. The van der Waals surface area contributed by atoms with Crippen LogP contribution in [0, 0.1) is 5.41 Å². The van der Waals surface area contributed by atoms with Crippen LogP contribution >= 0.6 is 11.8 Å². The summed E-state index contributed by atoms with van der Waals surface area (Å²) in [6.45, 7) is 6.50. The number of hydrogen-bond acceptors (Lipinski definition) is 3. The molecule has 0 aliphatic heterocycles. The minimum atomic E-state index is -1.06. The topological polar surface area (TPSA) is 74.6 Å². The minimum Gasteiger partial charge on any atom is -0.481 e. The standard InChI is InChI=1S/C13H24O4S/c1-4-5-6-13(2,3)7-8-18-10(12(16)17)9-11(14)15/h10H,4-9H2,1-3H3,(H,14,15)(H,16,17). The number of thioether (sulfide) groups is 1. The molecule has 1 unspecified atom stereocenters. The van der Waals surface area contributed by atoms with Gasteiger partial charge in [0, 0.05) is 0 Å².